The van der Waals surface area contributed by atoms with E-state index in [1.165, 1.54) is 6.07 Å². The molecule has 2 rings (SSSR count). The van der Waals surface area contributed by atoms with Gasteiger partial charge in [0, 0.05) is 4.88 Å². The smallest absolute Gasteiger partial charge is 0.137 e. The van der Waals surface area contributed by atoms with E-state index in [1.54, 1.807) is 22.9 Å². The van der Waals surface area contributed by atoms with Crippen LogP contribution in [0.5, 0.6) is 0 Å². The summed E-state index contributed by atoms with van der Waals surface area (Å²) in [5.41, 5.74) is 6.39. The highest BCUT2D eigenvalue weighted by molar-refractivity contribution is 9.10. The van der Waals surface area contributed by atoms with Crippen molar-refractivity contribution in [2.75, 3.05) is 0 Å². The Kier molecular flexibility index (Phi) is 4.45. The van der Waals surface area contributed by atoms with Gasteiger partial charge < -0.3 is 0 Å². The van der Waals surface area contributed by atoms with Crippen molar-refractivity contribution < 1.29 is 4.39 Å². The van der Waals surface area contributed by atoms with Gasteiger partial charge in [-0.25, -0.2) is 9.37 Å². The summed E-state index contributed by atoms with van der Waals surface area (Å²) in [4.78, 5) is 5.28. The zero-order valence-electron chi connectivity index (χ0n) is 9.78. The standard InChI is InChI=1S/C12H13BrFN3S/c1-7-12(18-6-16-7)10(17-15)5-8-3-2-4-9(14)11(8)13/h2-4,6,10,17H,5,15H2,1H3. The maximum atomic E-state index is 13.4. The van der Waals surface area contributed by atoms with Crippen LogP contribution in [0.2, 0.25) is 0 Å². The highest BCUT2D eigenvalue weighted by atomic mass is 79.9. The Morgan fingerprint density at radius 1 is 1.56 bits per heavy atom. The lowest BCUT2D eigenvalue weighted by Crippen LogP contribution is -2.29. The summed E-state index contributed by atoms with van der Waals surface area (Å²) >= 11 is 4.81. The number of halogens is 2. The van der Waals surface area contributed by atoms with Crippen LogP contribution in [0.15, 0.2) is 28.2 Å². The van der Waals surface area contributed by atoms with E-state index < -0.39 is 0 Å². The molecular formula is C12H13BrFN3S. The number of hydrogen-bond donors (Lipinski definition) is 2. The zero-order chi connectivity index (χ0) is 13.1. The van der Waals surface area contributed by atoms with Crippen LogP contribution >= 0.6 is 27.3 Å². The Labute approximate surface area is 117 Å². The molecular weight excluding hydrogens is 317 g/mol. The highest BCUT2D eigenvalue weighted by Gasteiger charge is 2.17. The Morgan fingerprint density at radius 3 is 2.94 bits per heavy atom. The summed E-state index contributed by atoms with van der Waals surface area (Å²) in [6.07, 6.45) is 0.609. The predicted octanol–water partition coefficient (Wildman–Crippen LogP) is 3.10. The molecule has 0 saturated carbocycles. The van der Waals surface area contributed by atoms with Crippen LogP contribution in [0.4, 0.5) is 4.39 Å². The lowest BCUT2D eigenvalue weighted by atomic mass is 10.0. The minimum absolute atomic E-state index is 0.0596. The Morgan fingerprint density at radius 2 is 2.33 bits per heavy atom. The molecule has 0 aliphatic carbocycles. The first kappa shape index (κ1) is 13.6. The van der Waals surface area contributed by atoms with Crippen molar-refractivity contribution in [3.63, 3.8) is 0 Å². The van der Waals surface area contributed by atoms with Gasteiger partial charge in [0.05, 0.1) is 21.7 Å². The van der Waals surface area contributed by atoms with Gasteiger partial charge in [-0.15, -0.1) is 11.3 Å². The lowest BCUT2D eigenvalue weighted by Gasteiger charge is -2.16. The Balaban J connectivity index is 2.26. The summed E-state index contributed by atoms with van der Waals surface area (Å²) in [6.45, 7) is 1.94. The molecule has 1 aromatic carbocycles. The van der Waals surface area contributed by atoms with Gasteiger partial charge in [-0.1, -0.05) is 12.1 Å². The van der Waals surface area contributed by atoms with Gasteiger partial charge in [0.25, 0.3) is 0 Å². The molecule has 1 aromatic heterocycles. The summed E-state index contributed by atoms with van der Waals surface area (Å²) in [5.74, 6) is 5.33. The summed E-state index contributed by atoms with van der Waals surface area (Å²) in [7, 11) is 0. The van der Waals surface area contributed by atoms with Crippen LogP contribution < -0.4 is 11.3 Å². The van der Waals surface area contributed by atoms with E-state index in [1.807, 2.05) is 13.0 Å². The third-order valence-corrected chi connectivity index (χ3v) is 4.69. The van der Waals surface area contributed by atoms with Crippen LogP contribution in [0.1, 0.15) is 22.2 Å². The molecule has 1 unspecified atom stereocenters. The molecule has 0 fully saturated rings. The fourth-order valence-electron chi connectivity index (χ4n) is 1.80. The van der Waals surface area contributed by atoms with Crippen LogP contribution in [0.3, 0.4) is 0 Å². The fraction of sp³-hybridized carbons (Fsp3) is 0.250. The van der Waals surface area contributed by atoms with Crippen LogP contribution in [0, 0.1) is 12.7 Å². The quantitative estimate of drug-likeness (QED) is 0.669. The van der Waals surface area contributed by atoms with E-state index in [2.05, 4.69) is 26.3 Å². The second-order valence-electron chi connectivity index (χ2n) is 3.94. The summed E-state index contributed by atoms with van der Waals surface area (Å²) in [5, 5.41) is 0. The molecule has 18 heavy (non-hydrogen) atoms. The lowest BCUT2D eigenvalue weighted by molar-refractivity contribution is 0.551. The number of hydrogen-bond acceptors (Lipinski definition) is 4. The number of nitrogens with two attached hydrogens (primary N) is 1. The number of thiazole rings is 1. The van der Waals surface area contributed by atoms with Crippen molar-refractivity contribution in [2.24, 2.45) is 5.84 Å². The minimum Gasteiger partial charge on any atom is -0.271 e. The molecule has 0 radical (unpaired) electrons. The van der Waals surface area contributed by atoms with E-state index in [4.69, 9.17) is 5.84 Å². The van der Waals surface area contributed by atoms with Gasteiger partial charge in [-0.2, -0.15) is 0 Å². The zero-order valence-corrected chi connectivity index (χ0v) is 12.2. The molecule has 0 aliphatic rings. The number of rotatable bonds is 4. The van der Waals surface area contributed by atoms with Crippen molar-refractivity contribution in [1.82, 2.24) is 10.4 Å². The topological polar surface area (TPSA) is 50.9 Å². The number of hydrazine groups is 1. The van der Waals surface area contributed by atoms with Gasteiger partial charge >= 0.3 is 0 Å². The third-order valence-electron chi connectivity index (χ3n) is 2.76. The summed E-state index contributed by atoms with van der Waals surface area (Å²) < 4.78 is 13.9. The average molecular weight is 330 g/mol. The van der Waals surface area contributed by atoms with Gasteiger partial charge in [0.15, 0.2) is 0 Å². The molecule has 1 heterocycles. The van der Waals surface area contributed by atoms with Gasteiger partial charge in [0.2, 0.25) is 0 Å². The van der Waals surface area contributed by atoms with Crippen LogP contribution in [-0.2, 0) is 6.42 Å². The molecule has 0 saturated heterocycles. The molecule has 3 N–H and O–H groups in total. The number of aromatic nitrogens is 1. The van der Waals surface area contributed by atoms with Gasteiger partial charge in [0.1, 0.15) is 5.82 Å². The first-order chi connectivity index (χ1) is 8.63. The highest BCUT2D eigenvalue weighted by Crippen LogP contribution is 2.28. The molecule has 1 atom stereocenters. The van der Waals surface area contributed by atoms with E-state index in [0.717, 1.165) is 16.1 Å². The van der Waals surface area contributed by atoms with Gasteiger partial charge in [-0.05, 0) is 40.9 Å². The van der Waals surface area contributed by atoms with Crippen molar-refractivity contribution in [1.29, 1.82) is 0 Å². The third kappa shape index (κ3) is 2.77. The number of aryl methyl sites for hydroxylation is 1. The first-order valence-corrected chi connectivity index (χ1v) is 7.09. The fourth-order valence-corrected chi connectivity index (χ4v) is 3.09. The Bertz CT molecular complexity index is 544. The van der Waals surface area contributed by atoms with Gasteiger partial charge in [-0.3, -0.25) is 11.3 Å². The van der Waals surface area contributed by atoms with Crippen LogP contribution in [0.25, 0.3) is 0 Å². The second kappa shape index (κ2) is 5.88. The number of nitrogens with one attached hydrogen (secondary N) is 1. The van der Waals surface area contributed by atoms with Crippen molar-refractivity contribution in [3.8, 4) is 0 Å². The molecule has 2 aromatic rings. The molecule has 3 nitrogen and oxygen atoms in total. The second-order valence-corrected chi connectivity index (χ2v) is 5.62. The van der Waals surface area contributed by atoms with E-state index in [9.17, 15) is 4.39 Å². The number of benzene rings is 1. The molecule has 96 valence electrons. The largest absolute Gasteiger partial charge is 0.271 e. The number of nitrogens with zero attached hydrogens (tertiary/aromatic N) is 1. The monoisotopic (exact) mass is 329 g/mol. The van der Waals surface area contributed by atoms with E-state index in [0.29, 0.717) is 10.9 Å². The van der Waals surface area contributed by atoms with E-state index in [-0.39, 0.29) is 11.9 Å². The average Bonchev–Trinajstić information content (AvgIpc) is 2.77. The maximum Gasteiger partial charge on any atom is 0.137 e. The minimum atomic E-state index is -0.260. The SMILES string of the molecule is Cc1ncsc1C(Cc1cccc(F)c1Br)NN. The van der Waals surface area contributed by atoms with Crippen molar-refractivity contribution in [2.45, 2.75) is 19.4 Å². The maximum absolute atomic E-state index is 13.4. The molecule has 6 heteroatoms. The molecule has 0 bridgehead atoms. The molecule has 0 amide bonds. The first-order valence-electron chi connectivity index (χ1n) is 5.42. The predicted molar refractivity (Wildman–Crippen MR) is 74.7 cm³/mol. The molecule has 0 aliphatic heterocycles. The van der Waals surface area contributed by atoms with Crippen LogP contribution in [-0.4, -0.2) is 4.98 Å². The van der Waals surface area contributed by atoms with Crippen molar-refractivity contribution >= 4 is 27.3 Å². The molecule has 0 spiro atoms. The normalized spacial score (nSPS) is 12.7. The summed E-state index contributed by atoms with van der Waals surface area (Å²) in [6, 6.07) is 4.95. The van der Waals surface area contributed by atoms with Crippen molar-refractivity contribution in [3.05, 3.63) is 50.1 Å². The van der Waals surface area contributed by atoms with E-state index >= 15 is 0 Å². The Hall–Kier alpha value is -0.820.